The first-order valence-electron chi connectivity index (χ1n) is 7.19. The molecular formula is C17H15N6O+. The van der Waals surface area contributed by atoms with E-state index in [0.29, 0.717) is 23.7 Å². The summed E-state index contributed by atoms with van der Waals surface area (Å²) >= 11 is 0. The van der Waals surface area contributed by atoms with Crippen LogP contribution in [0.3, 0.4) is 0 Å². The maximum absolute atomic E-state index is 9.44. The largest absolute Gasteiger partial charge is 0.494 e. The number of benzene rings is 1. The first kappa shape index (κ1) is 16.6. The van der Waals surface area contributed by atoms with Crippen LogP contribution in [0.15, 0.2) is 24.3 Å². The van der Waals surface area contributed by atoms with Crippen LogP contribution in [0.5, 0.6) is 5.75 Å². The van der Waals surface area contributed by atoms with Gasteiger partial charge in [0.1, 0.15) is 29.0 Å². The fourth-order valence-electron chi connectivity index (χ4n) is 2.24. The number of pyridine rings is 1. The highest BCUT2D eigenvalue weighted by Crippen LogP contribution is 2.25. The number of nitrogens with two attached hydrogens (primary N) is 1. The van der Waals surface area contributed by atoms with Crippen LogP contribution in [0.25, 0.3) is 0 Å². The number of ether oxygens (including phenoxy) is 1. The molecule has 0 atom stereocenters. The number of hydrogen-bond acceptors (Lipinski definition) is 6. The predicted molar refractivity (Wildman–Crippen MR) is 87.1 cm³/mol. The Kier molecular flexibility index (Phi) is 5.18. The van der Waals surface area contributed by atoms with Crippen LogP contribution >= 0.6 is 0 Å². The highest BCUT2D eigenvalue weighted by molar-refractivity contribution is 5.68. The molecule has 0 aliphatic heterocycles. The summed E-state index contributed by atoms with van der Waals surface area (Å²) in [5, 5.41) is 30.7. The van der Waals surface area contributed by atoms with Gasteiger partial charge in [0.05, 0.1) is 24.8 Å². The van der Waals surface area contributed by atoms with Crippen LogP contribution in [-0.4, -0.2) is 6.61 Å². The molecule has 7 nitrogen and oxygen atoms in total. The Balaban J connectivity index is 2.45. The van der Waals surface area contributed by atoms with Crippen LogP contribution in [0.2, 0.25) is 0 Å². The molecular weight excluding hydrogens is 304 g/mol. The van der Waals surface area contributed by atoms with Crippen molar-refractivity contribution in [1.29, 1.82) is 15.8 Å². The zero-order chi connectivity index (χ0) is 17.5. The Morgan fingerprint density at radius 3 is 2.33 bits per heavy atom. The molecule has 4 N–H and O–H groups in total. The Bertz CT molecular complexity index is 868. The molecule has 0 unspecified atom stereocenters. The average Bonchev–Trinajstić information content (AvgIpc) is 2.57. The number of aromatic nitrogens is 1. The third-order valence-corrected chi connectivity index (χ3v) is 3.30. The van der Waals surface area contributed by atoms with Crippen molar-refractivity contribution >= 4 is 17.3 Å². The summed E-state index contributed by atoms with van der Waals surface area (Å²) in [7, 11) is 0. The van der Waals surface area contributed by atoms with Crippen LogP contribution in [0.1, 0.15) is 23.6 Å². The fourth-order valence-corrected chi connectivity index (χ4v) is 2.24. The SMILES string of the molecule is CCOc1ccc(Nc2[nH+]c(N)c(C#N)c(CC#N)c2C#N)cc1. The topological polar surface area (TPSA) is 133 Å². The monoisotopic (exact) mass is 319 g/mol. The maximum atomic E-state index is 9.44. The van der Waals surface area contributed by atoms with Crippen molar-refractivity contribution in [1.82, 2.24) is 0 Å². The summed E-state index contributed by atoms with van der Waals surface area (Å²) in [4.78, 5) is 2.81. The van der Waals surface area contributed by atoms with Gasteiger partial charge < -0.3 is 10.5 Å². The number of nitrogen functional groups attached to an aromatic ring is 1. The van der Waals surface area contributed by atoms with E-state index in [-0.39, 0.29) is 23.4 Å². The minimum Gasteiger partial charge on any atom is -0.494 e. The molecule has 1 aromatic heterocycles. The molecule has 0 fully saturated rings. The van der Waals surface area contributed by atoms with Gasteiger partial charge in [0.2, 0.25) is 11.6 Å². The molecule has 0 spiro atoms. The molecule has 0 amide bonds. The van der Waals surface area contributed by atoms with E-state index >= 15 is 0 Å². The third kappa shape index (κ3) is 3.35. The van der Waals surface area contributed by atoms with Crippen LogP contribution < -0.4 is 20.8 Å². The van der Waals surface area contributed by atoms with Gasteiger partial charge in [-0.2, -0.15) is 15.8 Å². The number of nitriles is 3. The number of nitrogens with one attached hydrogen (secondary N) is 2. The molecule has 0 radical (unpaired) electrons. The Morgan fingerprint density at radius 1 is 1.12 bits per heavy atom. The van der Waals surface area contributed by atoms with Crippen LogP contribution in [0, 0.1) is 34.0 Å². The van der Waals surface area contributed by atoms with Gasteiger partial charge >= 0.3 is 0 Å². The Hall–Kier alpha value is -3.76. The molecule has 7 heteroatoms. The summed E-state index contributed by atoms with van der Waals surface area (Å²) in [5.41, 5.74) is 7.17. The summed E-state index contributed by atoms with van der Waals surface area (Å²) in [6, 6.07) is 13.1. The molecule has 0 aliphatic rings. The molecule has 1 aromatic carbocycles. The number of anilines is 3. The molecule has 2 aromatic rings. The predicted octanol–water partition coefficient (Wildman–Crippen LogP) is 2.03. The van der Waals surface area contributed by atoms with Crippen molar-refractivity contribution < 1.29 is 9.72 Å². The van der Waals surface area contributed by atoms with E-state index < -0.39 is 0 Å². The summed E-state index contributed by atoms with van der Waals surface area (Å²) in [5.74, 6) is 1.18. The molecule has 0 saturated heterocycles. The number of aromatic amines is 1. The Morgan fingerprint density at radius 2 is 1.79 bits per heavy atom. The van der Waals surface area contributed by atoms with E-state index in [1.165, 1.54) is 0 Å². The van der Waals surface area contributed by atoms with Crippen molar-refractivity contribution in [3.63, 3.8) is 0 Å². The smallest absolute Gasteiger partial charge is 0.242 e. The van der Waals surface area contributed by atoms with Gasteiger partial charge in [-0.15, -0.1) is 0 Å². The number of hydrogen-bond donors (Lipinski definition) is 2. The lowest BCUT2D eigenvalue weighted by Crippen LogP contribution is -2.21. The Labute approximate surface area is 139 Å². The molecule has 24 heavy (non-hydrogen) atoms. The highest BCUT2D eigenvalue weighted by atomic mass is 16.5. The van der Waals surface area contributed by atoms with Gasteiger partial charge in [-0.1, -0.05) is 0 Å². The second-order valence-electron chi connectivity index (χ2n) is 4.78. The van der Waals surface area contributed by atoms with E-state index in [0.717, 1.165) is 5.75 Å². The molecule has 0 aliphatic carbocycles. The van der Waals surface area contributed by atoms with Gasteiger partial charge in [0.15, 0.2) is 0 Å². The fraction of sp³-hybridized carbons (Fsp3) is 0.176. The van der Waals surface area contributed by atoms with Gasteiger partial charge in [-0.3, -0.25) is 5.32 Å². The van der Waals surface area contributed by atoms with Gasteiger partial charge in [0, 0.05) is 5.56 Å². The van der Waals surface area contributed by atoms with Crippen molar-refractivity contribution in [2.24, 2.45) is 0 Å². The van der Waals surface area contributed by atoms with Crippen molar-refractivity contribution in [2.45, 2.75) is 13.3 Å². The molecule has 1 heterocycles. The number of nitrogens with zero attached hydrogens (tertiary/aromatic N) is 3. The highest BCUT2D eigenvalue weighted by Gasteiger charge is 2.22. The van der Waals surface area contributed by atoms with Crippen molar-refractivity contribution in [2.75, 3.05) is 17.7 Å². The minimum absolute atomic E-state index is 0.0807. The first-order valence-corrected chi connectivity index (χ1v) is 7.19. The third-order valence-electron chi connectivity index (χ3n) is 3.30. The number of rotatable bonds is 5. The molecule has 118 valence electrons. The zero-order valence-electron chi connectivity index (χ0n) is 13.1. The van der Waals surface area contributed by atoms with Gasteiger partial charge in [-0.05, 0) is 31.2 Å². The lowest BCUT2D eigenvalue weighted by Gasteiger charge is -2.09. The van der Waals surface area contributed by atoms with E-state index in [1.807, 2.05) is 25.1 Å². The standard InChI is InChI=1S/C17H14N6O/c1-2-24-12-5-3-11(4-6-12)22-17-15(10-20)13(7-8-18)14(9-19)16(21)23-17/h3-6H,2,7H2,1H3,(H3,21,22,23)/p+1. The number of H-pyrrole nitrogens is 1. The first-order chi connectivity index (χ1) is 11.6. The average molecular weight is 319 g/mol. The van der Waals surface area contributed by atoms with Gasteiger partial charge in [-0.25, -0.2) is 4.98 Å². The molecule has 0 saturated carbocycles. The van der Waals surface area contributed by atoms with Crippen LogP contribution in [0.4, 0.5) is 17.3 Å². The second-order valence-corrected chi connectivity index (χ2v) is 4.78. The zero-order valence-corrected chi connectivity index (χ0v) is 13.1. The minimum atomic E-state index is -0.0807. The van der Waals surface area contributed by atoms with E-state index in [1.54, 1.807) is 24.3 Å². The summed E-state index contributed by atoms with van der Waals surface area (Å²) < 4.78 is 5.38. The van der Waals surface area contributed by atoms with E-state index in [9.17, 15) is 10.5 Å². The van der Waals surface area contributed by atoms with Crippen molar-refractivity contribution in [3.05, 3.63) is 41.0 Å². The van der Waals surface area contributed by atoms with E-state index in [2.05, 4.69) is 10.3 Å². The van der Waals surface area contributed by atoms with E-state index in [4.69, 9.17) is 15.7 Å². The van der Waals surface area contributed by atoms with Gasteiger partial charge in [0.25, 0.3) is 0 Å². The molecule has 2 rings (SSSR count). The maximum Gasteiger partial charge on any atom is 0.242 e. The quantitative estimate of drug-likeness (QED) is 0.866. The normalized spacial score (nSPS) is 9.42. The van der Waals surface area contributed by atoms with Crippen molar-refractivity contribution in [3.8, 4) is 24.0 Å². The lowest BCUT2D eigenvalue weighted by molar-refractivity contribution is -0.343. The summed E-state index contributed by atoms with van der Waals surface area (Å²) in [6.07, 6.45) is -0.0807. The second kappa shape index (κ2) is 7.49. The lowest BCUT2D eigenvalue weighted by atomic mass is 10.0. The molecule has 0 bridgehead atoms. The summed E-state index contributed by atoms with van der Waals surface area (Å²) in [6.45, 7) is 2.47. The van der Waals surface area contributed by atoms with Crippen LogP contribution in [-0.2, 0) is 6.42 Å².